The van der Waals surface area contributed by atoms with Crippen molar-refractivity contribution < 1.29 is 22.6 Å². The quantitative estimate of drug-likeness (QED) is 0.304. The molecule has 2 aromatic rings. The molecule has 1 unspecified atom stereocenters. The number of nitrogens with zero attached hydrogens (tertiary/aromatic N) is 4. The van der Waals surface area contributed by atoms with Gasteiger partial charge in [0.25, 0.3) is 0 Å². The molecule has 1 aromatic carbocycles. The molecule has 2 N–H and O–H groups in total. The fourth-order valence-electron chi connectivity index (χ4n) is 3.43. The summed E-state index contributed by atoms with van der Waals surface area (Å²) in [5.41, 5.74) is -0.668. The van der Waals surface area contributed by atoms with Gasteiger partial charge in [0.15, 0.2) is 11.8 Å². The van der Waals surface area contributed by atoms with Gasteiger partial charge in [0.05, 0.1) is 25.8 Å². The zero-order chi connectivity index (χ0) is 22.4. The van der Waals surface area contributed by atoms with Gasteiger partial charge in [-0.25, -0.2) is 14.7 Å². The van der Waals surface area contributed by atoms with Crippen LogP contribution >= 0.6 is 24.0 Å². The molecular weight excluding hydrogens is 540 g/mol. The molecule has 0 radical (unpaired) electrons. The first-order chi connectivity index (χ1) is 14.8. The highest BCUT2D eigenvalue weighted by atomic mass is 127. The summed E-state index contributed by atoms with van der Waals surface area (Å²) < 4.78 is 52.2. The van der Waals surface area contributed by atoms with Crippen LogP contribution < -0.4 is 15.4 Å². The smallest absolute Gasteiger partial charge is 0.416 e. The Morgan fingerprint density at radius 1 is 1.31 bits per heavy atom. The van der Waals surface area contributed by atoms with Crippen LogP contribution in [-0.2, 0) is 37.0 Å². The summed E-state index contributed by atoms with van der Waals surface area (Å²) in [5.74, 6) is 2.15. The number of rotatable bonds is 7. The molecule has 0 spiro atoms. The van der Waals surface area contributed by atoms with E-state index in [-0.39, 0.29) is 47.9 Å². The molecule has 1 aliphatic heterocycles. The van der Waals surface area contributed by atoms with Gasteiger partial charge in [-0.1, -0.05) is 6.07 Å². The maximum absolute atomic E-state index is 13.4. The Balaban J connectivity index is 0.00000363. The van der Waals surface area contributed by atoms with E-state index >= 15 is 0 Å². The van der Waals surface area contributed by atoms with Crippen molar-refractivity contribution in [1.82, 2.24) is 25.4 Å². The van der Waals surface area contributed by atoms with Crippen LogP contribution in [0.2, 0.25) is 0 Å². The molecule has 0 saturated heterocycles. The van der Waals surface area contributed by atoms with Gasteiger partial charge in [-0.15, -0.1) is 24.0 Å². The van der Waals surface area contributed by atoms with Gasteiger partial charge in [-0.2, -0.15) is 18.3 Å². The Hall–Kier alpha value is -2.09. The van der Waals surface area contributed by atoms with Gasteiger partial charge in [-0.05, 0) is 31.0 Å². The number of aromatic nitrogens is 3. The van der Waals surface area contributed by atoms with Crippen molar-refractivity contribution in [2.75, 3.05) is 20.8 Å². The monoisotopic (exact) mass is 568 g/mol. The highest BCUT2D eigenvalue weighted by Crippen LogP contribution is 2.34. The molecule has 1 atom stereocenters. The van der Waals surface area contributed by atoms with Crippen molar-refractivity contribution in [2.45, 2.75) is 51.7 Å². The Morgan fingerprint density at radius 2 is 2.09 bits per heavy atom. The van der Waals surface area contributed by atoms with Gasteiger partial charge in [0, 0.05) is 26.1 Å². The number of hydrogen-bond acceptors (Lipinski definition) is 5. The summed E-state index contributed by atoms with van der Waals surface area (Å²) >= 11 is 0. The van der Waals surface area contributed by atoms with E-state index < -0.39 is 11.7 Å². The number of alkyl halides is 3. The first-order valence-electron chi connectivity index (χ1n) is 10.0. The molecule has 0 amide bonds. The maximum Gasteiger partial charge on any atom is 0.416 e. The highest BCUT2D eigenvalue weighted by Gasteiger charge is 2.33. The van der Waals surface area contributed by atoms with Gasteiger partial charge >= 0.3 is 6.18 Å². The third-order valence-electron chi connectivity index (χ3n) is 4.89. The van der Waals surface area contributed by atoms with E-state index in [9.17, 15) is 13.2 Å². The lowest BCUT2D eigenvalue weighted by atomic mass is 10.1. The van der Waals surface area contributed by atoms with Crippen LogP contribution in [0.1, 0.15) is 36.1 Å². The number of guanidine groups is 1. The number of hydrogen-bond donors (Lipinski definition) is 2. The number of ether oxygens (including phenoxy) is 2. The van der Waals surface area contributed by atoms with E-state index in [0.717, 1.165) is 24.7 Å². The minimum Gasteiger partial charge on any atom is -0.497 e. The van der Waals surface area contributed by atoms with Crippen LogP contribution in [0.25, 0.3) is 0 Å². The first-order valence-corrected chi connectivity index (χ1v) is 10.0. The van der Waals surface area contributed by atoms with E-state index in [1.165, 1.54) is 19.2 Å². The van der Waals surface area contributed by atoms with E-state index in [0.29, 0.717) is 31.5 Å². The molecule has 1 aromatic heterocycles. The lowest BCUT2D eigenvalue weighted by molar-refractivity contribution is -0.138. The fraction of sp³-hybridized carbons (Fsp3) is 0.550. The van der Waals surface area contributed by atoms with Crippen LogP contribution in [0.15, 0.2) is 23.2 Å². The molecule has 2 heterocycles. The number of fused-ring (bicyclic) bond motifs is 1. The zero-order valence-corrected chi connectivity index (χ0v) is 20.5. The molecule has 8 nitrogen and oxygen atoms in total. The van der Waals surface area contributed by atoms with Crippen molar-refractivity contribution >= 4 is 29.9 Å². The fourth-order valence-corrected chi connectivity index (χ4v) is 3.43. The molecule has 1 aliphatic rings. The summed E-state index contributed by atoms with van der Waals surface area (Å²) in [4.78, 5) is 8.84. The molecule has 32 heavy (non-hydrogen) atoms. The average molecular weight is 568 g/mol. The number of benzene rings is 1. The maximum atomic E-state index is 13.4. The van der Waals surface area contributed by atoms with Gasteiger partial charge in [0.1, 0.15) is 18.2 Å². The van der Waals surface area contributed by atoms with Crippen LogP contribution in [-0.4, -0.2) is 47.5 Å². The molecule has 0 bridgehead atoms. The van der Waals surface area contributed by atoms with Gasteiger partial charge < -0.3 is 20.1 Å². The molecule has 3 rings (SSSR count). The summed E-state index contributed by atoms with van der Waals surface area (Å²) in [6.07, 6.45) is -2.94. The Morgan fingerprint density at radius 3 is 2.75 bits per heavy atom. The number of aryl methyl sites for hydroxylation is 1. The second-order valence-corrected chi connectivity index (χ2v) is 7.16. The SMILES string of the molecule is CCNC(=NCc1ccc(OC)cc1C(F)(F)F)NC1CCc2nc(COC)nn2C1.I. The van der Waals surface area contributed by atoms with Crippen LogP contribution in [0, 0.1) is 0 Å². The van der Waals surface area contributed by atoms with E-state index in [4.69, 9.17) is 9.47 Å². The summed E-state index contributed by atoms with van der Waals surface area (Å²) in [6.45, 7) is 3.31. The number of methoxy groups -OCH3 is 2. The molecule has 0 fully saturated rings. The predicted octanol–water partition coefficient (Wildman–Crippen LogP) is 3.14. The van der Waals surface area contributed by atoms with Crippen LogP contribution in [0.5, 0.6) is 5.75 Å². The molecule has 178 valence electrons. The normalized spacial score (nSPS) is 16.2. The predicted molar refractivity (Wildman–Crippen MR) is 124 cm³/mol. The van der Waals surface area contributed by atoms with Crippen LogP contribution in [0.4, 0.5) is 13.2 Å². The molecular formula is C20H28F3IN6O2. The largest absolute Gasteiger partial charge is 0.497 e. The highest BCUT2D eigenvalue weighted by molar-refractivity contribution is 14.0. The number of aliphatic imine (C=N–C) groups is 1. The first kappa shape index (κ1) is 26.2. The standard InChI is InChI=1S/C20H27F3N6O2.HI/c1-4-24-19(25-10-13-5-7-15(31-3)9-16(13)20(21,22)23)26-14-6-8-18-27-17(12-30-2)28-29(18)11-14;/h5,7,9,14H,4,6,8,10-12H2,1-3H3,(H2,24,25,26);1H. The van der Waals surface area contributed by atoms with Crippen molar-refractivity contribution in [3.63, 3.8) is 0 Å². The molecule has 0 aliphatic carbocycles. The Kier molecular flexibility index (Phi) is 9.55. The summed E-state index contributed by atoms with van der Waals surface area (Å²) in [7, 11) is 2.93. The average Bonchev–Trinajstić information content (AvgIpc) is 3.13. The van der Waals surface area contributed by atoms with Crippen LogP contribution in [0.3, 0.4) is 0 Å². The summed E-state index contributed by atoms with van der Waals surface area (Å²) in [6, 6.07) is 3.93. The number of nitrogens with one attached hydrogen (secondary N) is 2. The summed E-state index contributed by atoms with van der Waals surface area (Å²) in [5, 5.41) is 10.8. The molecule has 0 saturated carbocycles. The minimum atomic E-state index is -4.49. The van der Waals surface area contributed by atoms with E-state index in [1.807, 2.05) is 11.6 Å². The minimum absolute atomic E-state index is 0. The van der Waals surface area contributed by atoms with Crippen molar-refractivity contribution in [1.29, 1.82) is 0 Å². The van der Waals surface area contributed by atoms with Crippen molar-refractivity contribution in [2.24, 2.45) is 4.99 Å². The second kappa shape index (κ2) is 11.7. The third kappa shape index (κ3) is 6.70. The van der Waals surface area contributed by atoms with Gasteiger partial charge in [0.2, 0.25) is 0 Å². The van der Waals surface area contributed by atoms with Gasteiger partial charge in [-0.3, -0.25) is 0 Å². The van der Waals surface area contributed by atoms with E-state index in [2.05, 4.69) is 25.7 Å². The Labute approximate surface area is 202 Å². The zero-order valence-electron chi connectivity index (χ0n) is 18.2. The molecule has 12 heteroatoms. The van der Waals surface area contributed by atoms with E-state index in [1.54, 1.807) is 7.11 Å². The Bertz CT molecular complexity index is 919. The van der Waals surface area contributed by atoms with Crippen molar-refractivity contribution in [3.05, 3.63) is 41.0 Å². The van der Waals surface area contributed by atoms with Crippen molar-refractivity contribution in [3.8, 4) is 5.75 Å². The second-order valence-electron chi connectivity index (χ2n) is 7.16. The lowest BCUT2D eigenvalue weighted by Crippen LogP contribution is -2.47. The lowest BCUT2D eigenvalue weighted by Gasteiger charge is -2.25. The topological polar surface area (TPSA) is 85.6 Å². The number of halogens is 4. The third-order valence-corrected chi connectivity index (χ3v) is 4.89.